The Hall–Kier alpha value is -1.65. The predicted octanol–water partition coefficient (Wildman–Crippen LogP) is 1.36. The molecule has 0 fully saturated rings. The molecule has 5 nitrogen and oxygen atoms in total. The summed E-state index contributed by atoms with van der Waals surface area (Å²) in [5.41, 5.74) is 0. The zero-order valence-electron chi connectivity index (χ0n) is 10.1. The minimum atomic E-state index is -0.193. The Morgan fingerprint density at radius 1 is 1.59 bits per heavy atom. The third kappa shape index (κ3) is 4.80. The van der Waals surface area contributed by atoms with E-state index in [-0.39, 0.29) is 5.97 Å². The van der Waals surface area contributed by atoms with Crippen LogP contribution in [-0.2, 0) is 27.3 Å². The molecule has 1 aromatic heterocycles. The number of carbonyl (C=O) groups excluding carboxylic acids is 2. The lowest BCUT2D eigenvalue weighted by atomic mass is 10.3. The van der Waals surface area contributed by atoms with E-state index in [1.54, 1.807) is 6.20 Å². The quantitative estimate of drug-likeness (QED) is 0.506. The Labute approximate surface area is 101 Å². The van der Waals surface area contributed by atoms with E-state index in [9.17, 15) is 9.59 Å². The Morgan fingerprint density at radius 3 is 3.12 bits per heavy atom. The molecular formula is C12H18N2O3. The maximum atomic E-state index is 11.3. The molecule has 5 heteroatoms. The second-order valence-corrected chi connectivity index (χ2v) is 3.71. The summed E-state index contributed by atoms with van der Waals surface area (Å²) in [5.74, 6) is 0.641. The maximum Gasteiger partial charge on any atom is 0.307 e. The molecule has 0 amide bonds. The largest absolute Gasteiger partial charge is 0.466 e. The molecule has 0 aliphatic heterocycles. The number of aryl methyl sites for hydroxylation is 2. The molecule has 0 spiro atoms. The van der Waals surface area contributed by atoms with Crippen molar-refractivity contribution in [3.05, 3.63) is 18.2 Å². The molecule has 0 atom stereocenters. The molecule has 0 aliphatic carbocycles. The molecule has 0 radical (unpaired) electrons. The van der Waals surface area contributed by atoms with Gasteiger partial charge in [0.05, 0.1) is 13.0 Å². The summed E-state index contributed by atoms with van der Waals surface area (Å²) in [6, 6.07) is 0. The van der Waals surface area contributed by atoms with Crippen molar-refractivity contribution < 1.29 is 14.3 Å². The highest BCUT2D eigenvalue weighted by Gasteiger charge is 2.06. The van der Waals surface area contributed by atoms with E-state index in [2.05, 4.69) is 4.98 Å². The first-order valence-corrected chi connectivity index (χ1v) is 5.87. The average molecular weight is 238 g/mol. The topological polar surface area (TPSA) is 61.2 Å². The first-order chi connectivity index (χ1) is 8.27. The van der Waals surface area contributed by atoms with Crippen molar-refractivity contribution in [2.24, 2.45) is 0 Å². The number of carbonyl (C=O) groups is 2. The molecule has 94 valence electrons. The molecular weight excluding hydrogens is 220 g/mol. The van der Waals surface area contributed by atoms with E-state index >= 15 is 0 Å². The van der Waals surface area contributed by atoms with Crippen molar-refractivity contribution in [3.63, 3.8) is 0 Å². The van der Waals surface area contributed by atoms with Crippen LogP contribution in [0.5, 0.6) is 0 Å². The van der Waals surface area contributed by atoms with Crippen molar-refractivity contribution in [2.45, 2.75) is 39.2 Å². The SMILES string of the molecule is CCCOC(=O)CCn1ccnc1CCC=O. The minimum Gasteiger partial charge on any atom is -0.466 e. The third-order valence-corrected chi connectivity index (χ3v) is 2.31. The highest BCUT2D eigenvalue weighted by Crippen LogP contribution is 2.03. The number of imidazole rings is 1. The lowest BCUT2D eigenvalue weighted by molar-refractivity contribution is -0.143. The average Bonchev–Trinajstić information content (AvgIpc) is 2.78. The first-order valence-electron chi connectivity index (χ1n) is 5.87. The smallest absolute Gasteiger partial charge is 0.307 e. The van der Waals surface area contributed by atoms with E-state index in [1.807, 2.05) is 17.7 Å². The predicted molar refractivity (Wildman–Crippen MR) is 62.5 cm³/mol. The summed E-state index contributed by atoms with van der Waals surface area (Å²) in [6.07, 6.45) is 6.60. The molecule has 0 aliphatic rings. The lowest BCUT2D eigenvalue weighted by Crippen LogP contribution is -2.11. The van der Waals surface area contributed by atoms with Gasteiger partial charge in [-0.05, 0) is 6.42 Å². The molecule has 17 heavy (non-hydrogen) atoms. The van der Waals surface area contributed by atoms with Gasteiger partial charge in [0.25, 0.3) is 0 Å². The summed E-state index contributed by atoms with van der Waals surface area (Å²) in [6.45, 7) is 2.98. The van der Waals surface area contributed by atoms with Crippen LogP contribution in [0.2, 0.25) is 0 Å². The normalized spacial score (nSPS) is 10.2. The van der Waals surface area contributed by atoms with E-state index in [4.69, 9.17) is 4.74 Å². The highest BCUT2D eigenvalue weighted by atomic mass is 16.5. The zero-order chi connectivity index (χ0) is 12.5. The van der Waals surface area contributed by atoms with Crippen LogP contribution in [0, 0.1) is 0 Å². The van der Waals surface area contributed by atoms with Crippen LogP contribution in [0.1, 0.15) is 32.0 Å². The molecule has 0 unspecified atom stereocenters. The molecule has 1 rings (SSSR count). The van der Waals surface area contributed by atoms with Crippen LogP contribution in [0.25, 0.3) is 0 Å². The van der Waals surface area contributed by atoms with Crippen LogP contribution in [0.4, 0.5) is 0 Å². The molecule has 1 aromatic rings. The Balaban J connectivity index is 2.37. The fourth-order valence-electron chi connectivity index (χ4n) is 1.46. The Kier molecular flexibility index (Phi) is 5.99. The molecule has 0 aromatic carbocycles. The second kappa shape index (κ2) is 7.60. The van der Waals surface area contributed by atoms with Gasteiger partial charge in [0, 0.05) is 31.8 Å². The first kappa shape index (κ1) is 13.4. The van der Waals surface area contributed by atoms with Crippen LogP contribution >= 0.6 is 0 Å². The standard InChI is InChI=1S/C12H18N2O3/c1-2-10-17-12(16)5-7-14-8-6-13-11(14)4-3-9-15/h6,8-9H,2-5,7,10H2,1H3. The van der Waals surface area contributed by atoms with Gasteiger partial charge in [0.15, 0.2) is 0 Å². The van der Waals surface area contributed by atoms with Crippen LogP contribution in [-0.4, -0.2) is 28.4 Å². The molecule has 0 saturated heterocycles. The molecule has 1 heterocycles. The van der Waals surface area contributed by atoms with Crippen molar-refractivity contribution in [1.29, 1.82) is 0 Å². The number of hydrogen-bond acceptors (Lipinski definition) is 4. The van der Waals surface area contributed by atoms with Gasteiger partial charge in [-0.15, -0.1) is 0 Å². The number of aldehydes is 1. The van der Waals surface area contributed by atoms with Crippen molar-refractivity contribution in [3.8, 4) is 0 Å². The molecule has 0 N–H and O–H groups in total. The van der Waals surface area contributed by atoms with Crippen molar-refractivity contribution >= 4 is 12.3 Å². The Morgan fingerprint density at radius 2 is 2.41 bits per heavy atom. The van der Waals surface area contributed by atoms with Gasteiger partial charge in [-0.1, -0.05) is 6.92 Å². The summed E-state index contributed by atoms with van der Waals surface area (Å²) in [5, 5.41) is 0. The summed E-state index contributed by atoms with van der Waals surface area (Å²) in [7, 11) is 0. The third-order valence-electron chi connectivity index (χ3n) is 2.31. The number of ether oxygens (including phenoxy) is 1. The van der Waals surface area contributed by atoms with Gasteiger partial charge in [-0.2, -0.15) is 0 Å². The lowest BCUT2D eigenvalue weighted by Gasteiger charge is -2.06. The van der Waals surface area contributed by atoms with E-state index in [1.165, 1.54) is 0 Å². The van der Waals surface area contributed by atoms with Gasteiger partial charge in [-0.3, -0.25) is 4.79 Å². The van der Waals surface area contributed by atoms with E-state index in [0.717, 1.165) is 18.5 Å². The monoisotopic (exact) mass is 238 g/mol. The van der Waals surface area contributed by atoms with Crippen molar-refractivity contribution in [1.82, 2.24) is 9.55 Å². The van der Waals surface area contributed by atoms with E-state index < -0.39 is 0 Å². The number of rotatable bonds is 8. The summed E-state index contributed by atoms with van der Waals surface area (Å²) >= 11 is 0. The maximum absolute atomic E-state index is 11.3. The molecule has 0 saturated carbocycles. The van der Waals surface area contributed by atoms with Gasteiger partial charge in [-0.25, -0.2) is 4.98 Å². The van der Waals surface area contributed by atoms with E-state index in [0.29, 0.717) is 32.4 Å². The fraction of sp³-hybridized carbons (Fsp3) is 0.583. The van der Waals surface area contributed by atoms with Crippen LogP contribution in [0.3, 0.4) is 0 Å². The van der Waals surface area contributed by atoms with Crippen molar-refractivity contribution in [2.75, 3.05) is 6.61 Å². The zero-order valence-corrected chi connectivity index (χ0v) is 10.1. The summed E-state index contributed by atoms with van der Waals surface area (Å²) in [4.78, 5) is 25.7. The molecule has 0 bridgehead atoms. The number of hydrogen-bond donors (Lipinski definition) is 0. The van der Waals surface area contributed by atoms with Crippen LogP contribution < -0.4 is 0 Å². The summed E-state index contributed by atoms with van der Waals surface area (Å²) < 4.78 is 6.87. The van der Waals surface area contributed by atoms with Gasteiger partial charge >= 0.3 is 5.97 Å². The minimum absolute atomic E-state index is 0.193. The van der Waals surface area contributed by atoms with Gasteiger partial charge in [0.1, 0.15) is 12.1 Å². The number of aromatic nitrogens is 2. The number of esters is 1. The number of nitrogens with zero attached hydrogens (tertiary/aromatic N) is 2. The highest BCUT2D eigenvalue weighted by molar-refractivity contribution is 5.69. The fourth-order valence-corrected chi connectivity index (χ4v) is 1.46. The van der Waals surface area contributed by atoms with Gasteiger partial charge in [0.2, 0.25) is 0 Å². The second-order valence-electron chi connectivity index (χ2n) is 3.71. The Bertz CT molecular complexity index is 360. The van der Waals surface area contributed by atoms with Gasteiger partial charge < -0.3 is 14.1 Å². The van der Waals surface area contributed by atoms with Crippen LogP contribution in [0.15, 0.2) is 12.4 Å².